The van der Waals surface area contributed by atoms with Gasteiger partial charge in [-0.15, -0.1) is 0 Å². The summed E-state index contributed by atoms with van der Waals surface area (Å²) in [6.07, 6.45) is 0. The maximum atomic E-state index is 5.76. The summed E-state index contributed by atoms with van der Waals surface area (Å²) in [5.74, 6) is 2.95. The normalized spacial score (nSPS) is 16.1. The predicted octanol–water partition coefficient (Wildman–Crippen LogP) is 5.87. The molecule has 3 aliphatic rings. The average Bonchev–Trinajstić information content (AvgIpc) is 2.84. The van der Waals surface area contributed by atoms with E-state index in [0.29, 0.717) is 0 Å². The fraction of sp³-hybridized carbons (Fsp3) is 0.357. The molecule has 0 amide bonds. The first kappa shape index (κ1) is 23.6. The third-order valence-electron chi connectivity index (χ3n) is 5.67. The molecule has 0 fully saturated rings. The first-order valence-corrected chi connectivity index (χ1v) is 11.9. The van der Waals surface area contributed by atoms with Gasteiger partial charge in [-0.3, -0.25) is 0 Å². The van der Waals surface area contributed by atoms with Gasteiger partial charge >= 0.3 is 0 Å². The third-order valence-corrected chi connectivity index (χ3v) is 5.67. The highest BCUT2D eigenvalue weighted by molar-refractivity contribution is 5.61. The predicted molar refractivity (Wildman–Crippen MR) is 140 cm³/mol. The van der Waals surface area contributed by atoms with Crippen LogP contribution in [-0.4, -0.2) is 38.4 Å². The summed E-state index contributed by atoms with van der Waals surface area (Å²) in [5, 5.41) is 9.87. The molecule has 3 aliphatic heterocycles. The van der Waals surface area contributed by atoms with E-state index < -0.39 is 0 Å². The molecule has 0 spiro atoms. The number of fused-ring (bicyclic) bond motifs is 3. The summed E-state index contributed by atoms with van der Waals surface area (Å²) < 4.78 is 16.7. The SMILES string of the molecule is CC1(C)CNc2ccccc2O1.Cc1ccc2c(c1)OCCN2.Cc1cccc2c1OCCN2. The molecule has 0 atom stereocenters. The van der Waals surface area contributed by atoms with E-state index in [0.717, 1.165) is 67.2 Å². The Morgan fingerprint density at radius 1 is 0.706 bits per heavy atom. The van der Waals surface area contributed by atoms with Crippen molar-refractivity contribution in [1.29, 1.82) is 0 Å². The summed E-state index contributed by atoms with van der Waals surface area (Å²) in [5.41, 5.74) is 5.69. The van der Waals surface area contributed by atoms with Crippen LogP contribution in [0.2, 0.25) is 0 Å². The summed E-state index contributed by atoms with van der Waals surface area (Å²) >= 11 is 0. The van der Waals surface area contributed by atoms with Gasteiger partial charge in [0.1, 0.15) is 36.1 Å². The molecule has 3 heterocycles. The van der Waals surface area contributed by atoms with E-state index in [-0.39, 0.29) is 5.60 Å². The Morgan fingerprint density at radius 2 is 1.41 bits per heavy atom. The fourth-order valence-corrected chi connectivity index (χ4v) is 3.91. The van der Waals surface area contributed by atoms with Gasteiger partial charge < -0.3 is 30.2 Å². The molecule has 0 aromatic heterocycles. The quantitative estimate of drug-likeness (QED) is 0.389. The highest BCUT2D eigenvalue weighted by atomic mass is 16.5. The van der Waals surface area contributed by atoms with Gasteiger partial charge in [-0.05, 0) is 69.2 Å². The number of hydrogen-bond acceptors (Lipinski definition) is 6. The second-order valence-electron chi connectivity index (χ2n) is 9.21. The maximum absolute atomic E-state index is 5.76. The van der Waals surface area contributed by atoms with Crippen molar-refractivity contribution >= 4 is 17.1 Å². The Morgan fingerprint density at radius 3 is 2.24 bits per heavy atom. The van der Waals surface area contributed by atoms with Crippen LogP contribution in [0, 0.1) is 13.8 Å². The van der Waals surface area contributed by atoms with Crippen molar-refractivity contribution in [1.82, 2.24) is 0 Å². The second-order valence-corrected chi connectivity index (χ2v) is 9.21. The molecule has 0 bridgehead atoms. The Labute approximate surface area is 202 Å². The molecular formula is C28H35N3O3. The number of anilines is 3. The van der Waals surface area contributed by atoms with Crippen LogP contribution < -0.4 is 30.2 Å². The number of nitrogens with one attached hydrogen (secondary N) is 3. The smallest absolute Gasteiger partial charge is 0.145 e. The van der Waals surface area contributed by atoms with Crippen LogP contribution in [0.25, 0.3) is 0 Å². The molecule has 3 aromatic rings. The summed E-state index contributed by atoms with van der Waals surface area (Å²) in [7, 11) is 0. The van der Waals surface area contributed by atoms with E-state index in [4.69, 9.17) is 14.2 Å². The largest absolute Gasteiger partial charge is 0.490 e. The van der Waals surface area contributed by atoms with Gasteiger partial charge in [0.25, 0.3) is 0 Å². The van der Waals surface area contributed by atoms with Crippen molar-refractivity contribution in [3.05, 3.63) is 71.8 Å². The third kappa shape index (κ3) is 6.07. The van der Waals surface area contributed by atoms with Crippen LogP contribution in [0.1, 0.15) is 25.0 Å². The Hall–Kier alpha value is -3.54. The van der Waals surface area contributed by atoms with Crippen LogP contribution in [0.4, 0.5) is 17.1 Å². The summed E-state index contributed by atoms with van der Waals surface area (Å²) in [6, 6.07) is 20.4. The monoisotopic (exact) mass is 461 g/mol. The average molecular weight is 462 g/mol. The lowest BCUT2D eigenvalue weighted by molar-refractivity contribution is 0.116. The zero-order valence-corrected chi connectivity index (χ0v) is 20.5. The first-order valence-electron chi connectivity index (χ1n) is 11.9. The molecule has 34 heavy (non-hydrogen) atoms. The van der Waals surface area contributed by atoms with Gasteiger partial charge in [0, 0.05) is 13.1 Å². The van der Waals surface area contributed by atoms with E-state index in [1.54, 1.807) is 0 Å². The summed E-state index contributed by atoms with van der Waals surface area (Å²) in [6.45, 7) is 12.5. The molecule has 0 radical (unpaired) electrons. The molecule has 0 unspecified atom stereocenters. The van der Waals surface area contributed by atoms with Crippen LogP contribution >= 0.6 is 0 Å². The highest BCUT2D eigenvalue weighted by Gasteiger charge is 2.25. The van der Waals surface area contributed by atoms with E-state index in [1.807, 2.05) is 36.4 Å². The maximum Gasteiger partial charge on any atom is 0.145 e. The zero-order chi connectivity index (χ0) is 24.0. The number of benzene rings is 3. The van der Waals surface area contributed by atoms with Gasteiger partial charge in [-0.2, -0.15) is 0 Å². The van der Waals surface area contributed by atoms with Crippen LogP contribution in [-0.2, 0) is 0 Å². The number of hydrogen-bond donors (Lipinski definition) is 3. The van der Waals surface area contributed by atoms with Gasteiger partial charge in [0.15, 0.2) is 0 Å². The lowest BCUT2D eigenvalue weighted by Gasteiger charge is -2.33. The minimum Gasteiger partial charge on any atom is -0.490 e. The van der Waals surface area contributed by atoms with Crippen molar-refractivity contribution in [2.45, 2.75) is 33.3 Å². The van der Waals surface area contributed by atoms with E-state index in [1.165, 1.54) is 11.1 Å². The van der Waals surface area contributed by atoms with Crippen molar-refractivity contribution in [3.8, 4) is 17.2 Å². The van der Waals surface area contributed by atoms with E-state index in [9.17, 15) is 0 Å². The van der Waals surface area contributed by atoms with Gasteiger partial charge in [-0.1, -0.05) is 30.3 Å². The molecule has 180 valence electrons. The molecule has 6 heteroatoms. The van der Waals surface area contributed by atoms with Crippen molar-refractivity contribution in [3.63, 3.8) is 0 Å². The second kappa shape index (κ2) is 10.6. The molecular weight excluding hydrogens is 426 g/mol. The van der Waals surface area contributed by atoms with Crippen LogP contribution in [0.5, 0.6) is 17.2 Å². The molecule has 0 saturated carbocycles. The fourth-order valence-electron chi connectivity index (χ4n) is 3.91. The van der Waals surface area contributed by atoms with Gasteiger partial charge in [-0.25, -0.2) is 0 Å². The minimum absolute atomic E-state index is 0.0889. The standard InChI is InChI=1S/C10H13NO.2C9H11NO/c1-10(2)7-11-8-5-3-4-6-9(8)12-10;1-7-2-3-8-9(6-7)11-5-4-10-8;1-7-3-2-4-8-9(7)11-6-5-10-8/h3-6,11H,7H2,1-2H3;2-3,6,10H,4-5H2,1H3;2-4,10H,5-6H2,1H3. The molecule has 3 aromatic carbocycles. The molecule has 3 N–H and O–H groups in total. The van der Waals surface area contributed by atoms with Crippen molar-refractivity contribution < 1.29 is 14.2 Å². The number of ether oxygens (including phenoxy) is 3. The van der Waals surface area contributed by atoms with Crippen molar-refractivity contribution in [2.75, 3.05) is 48.8 Å². The van der Waals surface area contributed by atoms with Gasteiger partial charge in [0.05, 0.1) is 23.6 Å². The molecule has 0 saturated heterocycles. The van der Waals surface area contributed by atoms with Gasteiger partial charge in [0.2, 0.25) is 0 Å². The molecule has 0 aliphatic carbocycles. The molecule has 6 nitrogen and oxygen atoms in total. The number of para-hydroxylation sites is 3. The first-order chi connectivity index (χ1) is 16.4. The minimum atomic E-state index is -0.0889. The van der Waals surface area contributed by atoms with Crippen LogP contribution in [0.15, 0.2) is 60.7 Å². The Bertz CT molecular complexity index is 1110. The number of rotatable bonds is 0. The lowest BCUT2D eigenvalue weighted by Crippen LogP contribution is -2.39. The number of aryl methyl sites for hydroxylation is 2. The van der Waals surface area contributed by atoms with Crippen molar-refractivity contribution in [2.24, 2.45) is 0 Å². The Kier molecular flexibility index (Phi) is 7.36. The van der Waals surface area contributed by atoms with E-state index in [2.05, 4.69) is 67.9 Å². The lowest BCUT2D eigenvalue weighted by atomic mass is 10.1. The zero-order valence-electron chi connectivity index (χ0n) is 20.5. The highest BCUT2D eigenvalue weighted by Crippen LogP contribution is 2.32. The van der Waals surface area contributed by atoms with Crippen LogP contribution in [0.3, 0.4) is 0 Å². The Balaban J connectivity index is 0.000000121. The summed E-state index contributed by atoms with van der Waals surface area (Å²) in [4.78, 5) is 0. The topological polar surface area (TPSA) is 63.8 Å². The van der Waals surface area contributed by atoms with E-state index >= 15 is 0 Å². The molecule has 6 rings (SSSR count).